The third-order valence-electron chi connectivity index (χ3n) is 7.70. The molecule has 0 bridgehead atoms. The zero-order valence-corrected chi connectivity index (χ0v) is 15.4. The Hall–Kier alpha value is -1.29. The van der Waals surface area contributed by atoms with Crippen LogP contribution in [0.1, 0.15) is 69.6 Å². The number of carbonyl (C=O) groups is 1. The van der Waals surface area contributed by atoms with E-state index in [9.17, 15) is 9.90 Å². The first-order valence-corrected chi connectivity index (χ1v) is 9.79. The number of rotatable bonds is 3. The lowest BCUT2D eigenvalue weighted by Crippen LogP contribution is -2.54. The lowest BCUT2D eigenvalue weighted by molar-refractivity contribution is -0.148. The molecule has 1 aromatic heterocycles. The quantitative estimate of drug-likeness (QED) is 0.838. The molecule has 1 aromatic rings. The monoisotopic (exact) mass is 346 g/mol. The van der Waals surface area contributed by atoms with Crippen LogP contribution in [-0.4, -0.2) is 24.3 Å². The number of esters is 1. The lowest BCUT2D eigenvalue weighted by atomic mass is 9.43. The van der Waals surface area contributed by atoms with Gasteiger partial charge in [-0.3, -0.25) is 4.79 Å². The molecular weight excluding hydrogens is 316 g/mol. The molecule has 0 aromatic carbocycles. The SMILES string of the molecule is CC(=O)OCC1CCC2[C@@](CO)(CCC3c4ccoc4CC[C@@]32C)C1. The van der Waals surface area contributed by atoms with E-state index in [0.717, 1.165) is 44.9 Å². The van der Waals surface area contributed by atoms with Gasteiger partial charge in [0.2, 0.25) is 0 Å². The second-order valence-electron chi connectivity index (χ2n) is 8.92. The molecule has 2 saturated carbocycles. The molecule has 3 aliphatic rings. The lowest BCUT2D eigenvalue weighted by Gasteiger charge is -2.61. The highest BCUT2D eigenvalue weighted by Crippen LogP contribution is 2.66. The summed E-state index contributed by atoms with van der Waals surface area (Å²) in [7, 11) is 0. The molecule has 4 heteroatoms. The largest absolute Gasteiger partial charge is 0.469 e. The Balaban J connectivity index is 1.59. The summed E-state index contributed by atoms with van der Waals surface area (Å²) in [5.74, 6) is 2.48. The van der Waals surface area contributed by atoms with Crippen molar-refractivity contribution in [1.29, 1.82) is 0 Å². The summed E-state index contributed by atoms with van der Waals surface area (Å²) in [6, 6.07) is 2.18. The van der Waals surface area contributed by atoms with E-state index >= 15 is 0 Å². The molecule has 3 aliphatic carbocycles. The summed E-state index contributed by atoms with van der Waals surface area (Å²) in [5.41, 5.74) is 1.65. The number of ether oxygens (including phenoxy) is 1. The molecule has 0 saturated heterocycles. The number of hydrogen-bond acceptors (Lipinski definition) is 4. The molecule has 4 rings (SSSR count). The van der Waals surface area contributed by atoms with Gasteiger partial charge in [-0.25, -0.2) is 0 Å². The van der Waals surface area contributed by atoms with Crippen LogP contribution in [0.5, 0.6) is 0 Å². The third kappa shape index (κ3) is 2.64. The van der Waals surface area contributed by atoms with Crippen molar-refractivity contribution in [3.63, 3.8) is 0 Å². The van der Waals surface area contributed by atoms with Crippen molar-refractivity contribution in [3.8, 4) is 0 Å². The van der Waals surface area contributed by atoms with E-state index in [0.29, 0.717) is 24.4 Å². The highest BCUT2D eigenvalue weighted by atomic mass is 16.5. The number of hydrogen-bond donors (Lipinski definition) is 1. The zero-order chi connectivity index (χ0) is 17.7. The minimum Gasteiger partial charge on any atom is -0.469 e. The van der Waals surface area contributed by atoms with E-state index in [1.165, 1.54) is 18.2 Å². The summed E-state index contributed by atoms with van der Waals surface area (Å²) < 4.78 is 11.0. The fourth-order valence-corrected chi connectivity index (χ4v) is 6.58. The first kappa shape index (κ1) is 17.1. The van der Waals surface area contributed by atoms with Crippen LogP contribution in [0, 0.1) is 22.7 Å². The number of aliphatic hydroxyl groups is 1. The van der Waals surface area contributed by atoms with Crippen LogP contribution in [0.15, 0.2) is 16.7 Å². The maximum Gasteiger partial charge on any atom is 0.302 e. The van der Waals surface area contributed by atoms with Crippen molar-refractivity contribution >= 4 is 5.97 Å². The minimum atomic E-state index is -0.199. The third-order valence-corrected chi connectivity index (χ3v) is 7.70. The molecule has 0 aliphatic heterocycles. The first-order chi connectivity index (χ1) is 12.0. The Kier molecular flexibility index (Phi) is 4.22. The van der Waals surface area contributed by atoms with Gasteiger partial charge in [-0.1, -0.05) is 6.92 Å². The molecule has 0 spiro atoms. The predicted octanol–water partition coefficient (Wildman–Crippen LogP) is 4.07. The molecule has 5 atom stereocenters. The van der Waals surface area contributed by atoms with E-state index in [2.05, 4.69) is 13.0 Å². The van der Waals surface area contributed by atoms with Crippen molar-refractivity contribution in [3.05, 3.63) is 23.7 Å². The summed E-state index contributed by atoms with van der Waals surface area (Å²) >= 11 is 0. The molecule has 0 radical (unpaired) electrons. The number of aliphatic hydroxyl groups excluding tert-OH is 1. The van der Waals surface area contributed by atoms with Gasteiger partial charge in [0.25, 0.3) is 0 Å². The van der Waals surface area contributed by atoms with Crippen LogP contribution in [0.2, 0.25) is 0 Å². The van der Waals surface area contributed by atoms with Crippen LogP contribution in [0.4, 0.5) is 0 Å². The van der Waals surface area contributed by atoms with Crippen molar-refractivity contribution in [2.75, 3.05) is 13.2 Å². The predicted molar refractivity (Wildman–Crippen MR) is 94.1 cm³/mol. The highest BCUT2D eigenvalue weighted by Gasteiger charge is 2.58. The first-order valence-electron chi connectivity index (χ1n) is 9.79. The smallest absolute Gasteiger partial charge is 0.302 e. The van der Waals surface area contributed by atoms with Gasteiger partial charge in [-0.2, -0.15) is 0 Å². The minimum absolute atomic E-state index is 0.00441. The Morgan fingerprint density at radius 2 is 2.20 bits per heavy atom. The maximum atomic E-state index is 11.2. The van der Waals surface area contributed by atoms with E-state index < -0.39 is 0 Å². The molecule has 2 fully saturated rings. The molecular formula is C21H30O4. The zero-order valence-electron chi connectivity index (χ0n) is 15.4. The van der Waals surface area contributed by atoms with Gasteiger partial charge in [0.15, 0.2) is 0 Å². The van der Waals surface area contributed by atoms with E-state index in [1.54, 1.807) is 0 Å². The summed E-state index contributed by atoms with van der Waals surface area (Å²) in [6.45, 7) is 4.70. The van der Waals surface area contributed by atoms with Gasteiger partial charge in [-0.05, 0) is 78.7 Å². The van der Waals surface area contributed by atoms with Crippen LogP contribution >= 0.6 is 0 Å². The average Bonchev–Trinajstić information content (AvgIpc) is 3.08. The molecule has 4 nitrogen and oxygen atoms in total. The normalized spacial score (nSPS) is 39.9. The van der Waals surface area contributed by atoms with Gasteiger partial charge >= 0.3 is 5.97 Å². The summed E-state index contributed by atoms with van der Waals surface area (Å²) in [6.07, 6.45) is 9.43. The fraction of sp³-hybridized carbons (Fsp3) is 0.762. The maximum absolute atomic E-state index is 11.2. The summed E-state index contributed by atoms with van der Waals surface area (Å²) in [5, 5.41) is 10.4. The highest BCUT2D eigenvalue weighted by molar-refractivity contribution is 5.65. The van der Waals surface area contributed by atoms with Gasteiger partial charge in [0.05, 0.1) is 12.9 Å². The van der Waals surface area contributed by atoms with Crippen LogP contribution in [0.25, 0.3) is 0 Å². The van der Waals surface area contributed by atoms with Gasteiger partial charge in [0, 0.05) is 20.0 Å². The number of aryl methyl sites for hydroxylation is 1. The van der Waals surface area contributed by atoms with Gasteiger partial charge in [-0.15, -0.1) is 0 Å². The Bertz CT molecular complexity index is 650. The Morgan fingerprint density at radius 1 is 1.36 bits per heavy atom. The number of fused-ring (bicyclic) bond motifs is 5. The molecule has 1 N–H and O–H groups in total. The molecule has 138 valence electrons. The molecule has 3 unspecified atom stereocenters. The van der Waals surface area contributed by atoms with Crippen molar-refractivity contribution in [2.24, 2.45) is 22.7 Å². The average molecular weight is 346 g/mol. The van der Waals surface area contributed by atoms with Crippen molar-refractivity contribution in [2.45, 2.75) is 64.7 Å². The fourth-order valence-electron chi connectivity index (χ4n) is 6.58. The van der Waals surface area contributed by atoms with E-state index in [-0.39, 0.29) is 23.4 Å². The molecule has 0 amide bonds. The number of carbonyl (C=O) groups excluding carboxylic acids is 1. The van der Waals surface area contributed by atoms with Crippen molar-refractivity contribution < 1.29 is 19.1 Å². The molecule has 1 heterocycles. The summed E-state index contributed by atoms with van der Waals surface area (Å²) in [4.78, 5) is 11.2. The second kappa shape index (κ2) is 6.15. The van der Waals surface area contributed by atoms with Crippen LogP contribution in [-0.2, 0) is 16.0 Å². The Morgan fingerprint density at radius 3 is 2.96 bits per heavy atom. The second-order valence-corrected chi connectivity index (χ2v) is 8.92. The molecule has 25 heavy (non-hydrogen) atoms. The van der Waals surface area contributed by atoms with E-state index in [4.69, 9.17) is 9.15 Å². The van der Waals surface area contributed by atoms with Gasteiger partial charge in [0.1, 0.15) is 5.76 Å². The number of furan rings is 1. The van der Waals surface area contributed by atoms with Gasteiger partial charge < -0.3 is 14.3 Å². The van der Waals surface area contributed by atoms with Crippen molar-refractivity contribution in [1.82, 2.24) is 0 Å². The van der Waals surface area contributed by atoms with E-state index in [1.807, 2.05) is 6.26 Å². The van der Waals surface area contributed by atoms with Crippen LogP contribution < -0.4 is 0 Å². The topological polar surface area (TPSA) is 59.7 Å². The standard InChI is InChI=1S/C21H30O4/c1-14(23)25-12-15-3-4-19-20(2)8-6-18-16(7-10-24-18)17(20)5-9-21(19,11-15)13-22/h7,10,15,17,19,22H,3-6,8-9,11-13H2,1-2H3/t15?,17?,19?,20-,21-/m0/s1. The Labute approximate surface area is 149 Å². The van der Waals surface area contributed by atoms with Crippen LogP contribution in [0.3, 0.4) is 0 Å².